The van der Waals surface area contributed by atoms with E-state index in [2.05, 4.69) is 39.0 Å². The van der Waals surface area contributed by atoms with Gasteiger partial charge in [-0.05, 0) is 0 Å². The number of esters is 2. The van der Waals surface area contributed by atoms with Gasteiger partial charge in [0.15, 0.2) is 0 Å². The molecular weight excluding hydrogens is 543 g/mol. The Morgan fingerprint density at radius 2 is 1.03 bits per heavy atom. The van der Waals surface area contributed by atoms with E-state index in [-0.39, 0.29) is 11.9 Å². The monoisotopic (exact) mass is 586 g/mol. The van der Waals surface area contributed by atoms with Crippen LogP contribution in [0.4, 0.5) is 0 Å². The van der Waals surface area contributed by atoms with E-state index in [4.69, 9.17) is 9.47 Å². The number of benzene rings is 2. The normalized spacial score (nSPS) is 11.9. The Balaban J connectivity index is 2.67. The summed E-state index contributed by atoms with van der Waals surface area (Å²) in [5, 5.41) is 0. The number of rotatable bonds is 14. The fraction of sp³-hybridized carbons (Fsp3) is 0.467. The minimum atomic E-state index is -2.83. The summed E-state index contributed by atoms with van der Waals surface area (Å²) in [6.45, 7) is 6.86. The summed E-state index contributed by atoms with van der Waals surface area (Å²) >= 11 is -2.83. The van der Waals surface area contributed by atoms with Crippen LogP contribution in [-0.2, 0) is 9.47 Å². The number of carbonyl (C=O) groups excluding carboxylic acids is 2. The van der Waals surface area contributed by atoms with Gasteiger partial charge in [-0.2, -0.15) is 0 Å². The molecule has 2 aromatic carbocycles. The quantitative estimate of drug-likeness (QED) is 0.128. The minimum absolute atomic E-state index is 0.307. The molecule has 0 aliphatic rings. The van der Waals surface area contributed by atoms with Crippen molar-refractivity contribution in [1.82, 2.24) is 0 Å². The molecule has 0 N–H and O–H groups in total. The Bertz CT molecular complexity index is 939. The van der Waals surface area contributed by atoms with Crippen molar-refractivity contribution in [3.05, 3.63) is 70.8 Å². The van der Waals surface area contributed by atoms with Crippen molar-refractivity contribution in [3.63, 3.8) is 0 Å². The van der Waals surface area contributed by atoms with Crippen molar-refractivity contribution in [1.29, 1.82) is 0 Å². The first-order chi connectivity index (χ1) is 16.9. The van der Waals surface area contributed by atoms with E-state index < -0.39 is 18.4 Å². The van der Waals surface area contributed by atoms with Gasteiger partial charge < -0.3 is 0 Å². The second-order valence-electron chi connectivity index (χ2n) is 9.33. The Kier molecular flexibility index (Phi) is 12.6. The van der Waals surface area contributed by atoms with Crippen molar-refractivity contribution >= 4 is 40.0 Å². The topological polar surface area (TPSA) is 52.6 Å². The zero-order valence-electron chi connectivity index (χ0n) is 22.2. The van der Waals surface area contributed by atoms with E-state index in [9.17, 15) is 9.59 Å². The summed E-state index contributed by atoms with van der Waals surface area (Å²) in [7, 11) is 2.82. The van der Waals surface area contributed by atoms with Crippen LogP contribution in [0.5, 0.6) is 0 Å². The molecule has 35 heavy (non-hydrogen) atoms. The number of methoxy groups -OCH3 is 2. The van der Waals surface area contributed by atoms with Gasteiger partial charge in [0.05, 0.1) is 0 Å². The van der Waals surface area contributed by atoms with E-state index >= 15 is 0 Å². The molecule has 0 saturated carbocycles. The molecule has 0 unspecified atom stereocenters. The molecule has 0 radical (unpaired) electrons. The van der Waals surface area contributed by atoms with Crippen molar-refractivity contribution in [2.75, 3.05) is 14.2 Å². The van der Waals surface area contributed by atoms with Gasteiger partial charge in [0, 0.05) is 0 Å². The Labute approximate surface area is 216 Å². The third kappa shape index (κ3) is 8.23. The molecule has 2 aromatic rings. The van der Waals surface area contributed by atoms with Gasteiger partial charge in [0.25, 0.3) is 0 Å². The van der Waals surface area contributed by atoms with Crippen molar-refractivity contribution in [3.8, 4) is 0 Å². The summed E-state index contributed by atoms with van der Waals surface area (Å²) in [5.74, 6) is -0.625. The first kappa shape index (κ1) is 29.2. The molecule has 0 amide bonds. The second kappa shape index (κ2) is 15.1. The predicted octanol–water partition coefficient (Wildman–Crippen LogP) is 8.19. The molecule has 0 atom stereocenters. The van der Waals surface area contributed by atoms with Crippen molar-refractivity contribution < 1.29 is 19.1 Å². The molecule has 5 heteroatoms. The number of hydrogen-bond acceptors (Lipinski definition) is 4. The van der Waals surface area contributed by atoms with Crippen LogP contribution in [0.1, 0.15) is 91.1 Å². The van der Waals surface area contributed by atoms with E-state index in [0.29, 0.717) is 11.1 Å². The summed E-state index contributed by atoms with van der Waals surface area (Å²) in [6, 6.07) is 15.7. The molecule has 0 aliphatic heterocycles. The third-order valence-corrected chi connectivity index (χ3v) is 22.6. The van der Waals surface area contributed by atoms with Crippen LogP contribution in [0, 0.1) is 0 Å². The summed E-state index contributed by atoms with van der Waals surface area (Å²) in [6.07, 6.45) is 9.80. The van der Waals surface area contributed by atoms with Crippen LogP contribution in [0.15, 0.2) is 48.5 Å². The number of ether oxygens (including phenoxy) is 2. The van der Waals surface area contributed by atoms with Gasteiger partial charge in [0.1, 0.15) is 0 Å². The molecule has 2 rings (SSSR count). The first-order valence-corrected chi connectivity index (χ1v) is 20.5. The fourth-order valence-electron chi connectivity index (χ4n) is 4.77. The Morgan fingerprint density at radius 3 is 1.40 bits per heavy atom. The average Bonchev–Trinajstić information content (AvgIpc) is 2.91. The summed E-state index contributed by atoms with van der Waals surface area (Å²) in [4.78, 5) is 24.0. The Morgan fingerprint density at radius 1 is 0.657 bits per heavy atom. The molecule has 4 nitrogen and oxygen atoms in total. The van der Waals surface area contributed by atoms with Gasteiger partial charge in [-0.3, -0.25) is 0 Å². The van der Waals surface area contributed by atoms with E-state index in [1.165, 1.54) is 75.2 Å². The molecule has 0 spiro atoms. The van der Waals surface area contributed by atoms with Crippen LogP contribution in [-0.4, -0.2) is 44.5 Å². The summed E-state index contributed by atoms with van der Waals surface area (Å²) < 4.78 is 15.3. The molecular formula is C30H42O4Sn. The molecule has 0 bridgehead atoms. The van der Waals surface area contributed by atoms with Crippen LogP contribution in [0.2, 0.25) is 13.3 Å². The Hall–Kier alpha value is -2.08. The molecule has 0 aliphatic carbocycles. The van der Waals surface area contributed by atoms with E-state index in [1.54, 1.807) is 0 Å². The molecule has 190 valence electrons. The third-order valence-electron chi connectivity index (χ3n) is 6.86. The van der Waals surface area contributed by atoms with E-state index in [0.717, 1.165) is 5.56 Å². The number of unbranched alkanes of at least 4 members (excludes halogenated alkanes) is 3. The number of carbonyl (C=O) groups is 2. The molecule has 0 aromatic heterocycles. The maximum atomic E-state index is 12.1. The van der Waals surface area contributed by atoms with Gasteiger partial charge in [-0.25, -0.2) is 0 Å². The van der Waals surface area contributed by atoms with Crippen LogP contribution in [0.25, 0.3) is 9.67 Å². The average molecular weight is 585 g/mol. The van der Waals surface area contributed by atoms with Crippen LogP contribution < -0.4 is 0 Å². The fourth-order valence-corrected chi connectivity index (χ4v) is 21.6. The maximum absolute atomic E-state index is 12.1. The zero-order chi connectivity index (χ0) is 25.7. The van der Waals surface area contributed by atoms with Crippen molar-refractivity contribution in [2.45, 2.75) is 72.6 Å². The van der Waals surface area contributed by atoms with Gasteiger partial charge in [0.2, 0.25) is 0 Å². The number of hydrogen-bond donors (Lipinski definition) is 0. The van der Waals surface area contributed by atoms with Gasteiger partial charge in [-0.15, -0.1) is 0 Å². The second-order valence-corrected chi connectivity index (χ2v) is 22.5. The predicted molar refractivity (Wildman–Crippen MR) is 148 cm³/mol. The molecule has 0 saturated heterocycles. The van der Waals surface area contributed by atoms with Crippen LogP contribution in [0.3, 0.4) is 0 Å². The zero-order valence-corrected chi connectivity index (χ0v) is 25.0. The van der Waals surface area contributed by atoms with Crippen LogP contribution >= 0.6 is 0 Å². The van der Waals surface area contributed by atoms with Gasteiger partial charge >= 0.3 is 217 Å². The van der Waals surface area contributed by atoms with Gasteiger partial charge in [-0.1, -0.05) is 0 Å². The van der Waals surface area contributed by atoms with E-state index in [1.807, 2.05) is 36.4 Å². The standard InChI is InChI=1S/C18H15O4.3C4H9.Sn/c1-21-17(19)15-9-5-13(6-10-15)3-4-14-7-11-16(12-8-14)18(20)22-2;3*1-3-4-2;/h3,5-12H,1-2H3;3*1,3-4H2,2H3;. The SMILES string of the molecule is CCC[CH2][Sn]([CH2]CCC)([CH2]CCC)/[C](=C/c1ccc(C(=O)OC)cc1)c1ccc(C(=O)OC)cc1. The summed E-state index contributed by atoms with van der Waals surface area (Å²) in [5.41, 5.74) is 3.48. The van der Waals surface area contributed by atoms with Crippen molar-refractivity contribution in [2.24, 2.45) is 0 Å². The molecule has 0 fully saturated rings. The molecule has 0 heterocycles. The first-order valence-electron chi connectivity index (χ1n) is 13.0.